The number of hydrogen-bond donors (Lipinski definition) is 3. The lowest BCUT2D eigenvalue weighted by molar-refractivity contribution is 0.268. The summed E-state index contributed by atoms with van der Waals surface area (Å²) in [6.07, 6.45) is 1.57. The summed E-state index contributed by atoms with van der Waals surface area (Å²) >= 11 is 0. The second kappa shape index (κ2) is 4.39. The van der Waals surface area contributed by atoms with Crippen LogP contribution in [-0.2, 0) is 6.61 Å². The van der Waals surface area contributed by atoms with Crippen molar-refractivity contribution >= 4 is 0 Å². The first kappa shape index (κ1) is 12.9. The highest BCUT2D eigenvalue weighted by Gasteiger charge is 2.27. The number of pyridine rings is 1. The van der Waals surface area contributed by atoms with Gasteiger partial charge in [-0.3, -0.25) is 4.98 Å². The molecule has 4 N–H and O–H groups in total. The third-order valence-electron chi connectivity index (χ3n) is 2.77. The number of aromatic hydroxyl groups is 1. The summed E-state index contributed by atoms with van der Waals surface area (Å²) in [6, 6.07) is -0.337. The van der Waals surface area contributed by atoms with E-state index in [4.69, 9.17) is 5.73 Å². The number of aromatic nitrogens is 1. The summed E-state index contributed by atoms with van der Waals surface area (Å²) in [5.41, 5.74) is 7.66. The molecule has 0 aliphatic rings. The Bertz CT molecular complexity index is 383. The lowest BCUT2D eigenvalue weighted by Gasteiger charge is -2.29. The summed E-state index contributed by atoms with van der Waals surface area (Å²) < 4.78 is 0. The summed E-state index contributed by atoms with van der Waals surface area (Å²) in [6.45, 7) is 7.53. The molecule has 16 heavy (non-hydrogen) atoms. The van der Waals surface area contributed by atoms with Crippen molar-refractivity contribution in [3.8, 4) is 5.75 Å². The van der Waals surface area contributed by atoms with Crippen LogP contribution < -0.4 is 5.73 Å². The maximum Gasteiger partial charge on any atom is 0.141 e. The van der Waals surface area contributed by atoms with Gasteiger partial charge in [0.2, 0.25) is 0 Å². The third-order valence-corrected chi connectivity index (χ3v) is 2.77. The van der Waals surface area contributed by atoms with E-state index in [9.17, 15) is 10.2 Å². The van der Waals surface area contributed by atoms with Crippen LogP contribution in [-0.4, -0.2) is 15.2 Å². The topological polar surface area (TPSA) is 79.4 Å². The maximum atomic E-state index is 9.99. The minimum absolute atomic E-state index is 0.0916. The Morgan fingerprint density at radius 1 is 1.44 bits per heavy atom. The number of hydrogen-bond acceptors (Lipinski definition) is 4. The molecule has 0 bridgehead atoms. The minimum atomic E-state index is -0.337. The van der Waals surface area contributed by atoms with Gasteiger partial charge in [-0.25, -0.2) is 0 Å². The van der Waals surface area contributed by atoms with E-state index in [2.05, 4.69) is 4.98 Å². The van der Waals surface area contributed by atoms with Gasteiger partial charge in [0.15, 0.2) is 0 Å². The standard InChI is InChI=1S/C12H20N2O2/c1-7-10(16)9(8(6-15)5-14-7)11(13)12(2,3)4/h5,11,15-16H,6,13H2,1-4H3/t11-/m0/s1. The molecule has 0 saturated carbocycles. The molecule has 4 heteroatoms. The summed E-state index contributed by atoms with van der Waals surface area (Å²) in [5, 5.41) is 19.2. The minimum Gasteiger partial charge on any atom is -0.506 e. The third kappa shape index (κ3) is 2.33. The van der Waals surface area contributed by atoms with Gasteiger partial charge in [0.25, 0.3) is 0 Å². The van der Waals surface area contributed by atoms with Crippen molar-refractivity contribution in [2.24, 2.45) is 11.1 Å². The van der Waals surface area contributed by atoms with Crippen LogP contribution in [0.25, 0.3) is 0 Å². The largest absolute Gasteiger partial charge is 0.506 e. The smallest absolute Gasteiger partial charge is 0.141 e. The highest BCUT2D eigenvalue weighted by atomic mass is 16.3. The van der Waals surface area contributed by atoms with E-state index in [0.717, 1.165) is 0 Å². The second-order valence-corrected chi connectivity index (χ2v) is 5.13. The van der Waals surface area contributed by atoms with E-state index in [-0.39, 0.29) is 23.8 Å². The van der Waals surface area contributed by atoms with Crippen LogP contribution >= 0.6 is 0 Å². The zero-order chi connectivity index (χ0) is 12.5. The molecule has 1 atom stereocenters. The lowest BCUT2D eigenvalue weighted by atomic mass is 9.81. The molecule has 0 unspecified atom stereocenters. The van der Waals surface area contributed by atoms with E-state index in [1.807, 2.05) is 20.8 Å². The lowest BCUT2D eigenvalue weighted by Crippen LogP contribution is -2.27. The van der Waals surface area contributed by atoms with Crippen LogP contribution in [0.4, 0.5) is 0 Å². The first-order chi connectivity index (χ1) is 7.29. The van der Waals surface area contributed by atoms with Crippen molar-refractivity contribution in [3.63, 3.8) is 0 Å². The van der Waals surface area contributed by atoms with Crippen LogP contribution in [0.5, 0.6) is 5.75 Å². The van der Waals surface area contributed by atoms with Crippen molar-refractivity contribution in [2.75, 3.05) is 0 Å². The Morgan fingerprint density at radius 2 is 2.00 bits per heavy atom. The summed E-state index contributed by atoms with van der Waals surface area (Å²) in [5.74, 6) is 0.0916. The first-order valence-corrected chi connectivity index (χ1v) is 5.32. The quantitative estimate of drug-likeness (QED) is 0.713. The fourth-order valence-electron chi connectivity index (χ4n) is 1.56. The molecule has 90 valence electrons. The van der Waals surface area contributed by atoms with Crippen molar-refractivity contribution < 1.29 is 10.2 Å². The van der Waals surface area contributed by atoms with Gasteiger partial charge in [-0.05, 0) is 12.3 Å². The van der Waals surface area contributed by atoms with E-state index in [1.165, 1.54) is 0 Å². The van der Waals surface area contributed by atoms with Crippen LogP contribution in [0.3, 0.4) is 0 Å². The van der Waals surface area contributed by atoms with Gasteiger partial charge < -0.3 is 15.9 Å². The van der Waals surface area contributed by atoms with Crippen molar-refractivity contribution in [1.29, 1.82) is 0 Å². The van der Waals surface area contributed by atoms with Crippen LogP contribution in [0, 0.1) is 12.3 Å². The molecule has 0 fully saturated rings. The molecule has 0 aliphatic carbocycles. The molecular weight excluding hydrogens is 204 g/mol. The zero-order valence-corrected chi connectivity index (χ0v) is 10.3. The van der Waals surface area contributed by atoms with Gasteiger partial charge in [0, 0.05) is 23.4 Å². The van der Waals surface area contributed by atoms with Gasteiger partial charge in [0.05, 0.1) is 12.3 Å². The number of aliphatic hydroxyl groups is 1. The van der Waals surface area contributed by atoms with Crippen molar-refractivity contribution in [2.45, 2.75) is 40.3 Å². The van der Waals surface area contributed by atoms with Gasteiger partial charge in [-0.2, -0.15) is 0 Å². The Labute approximate surface area is 96.1 Å². The average Bonchev–Trinajstić information content (AvgIpc) is 2.19. The molecule has 1 aromatic heterocycles. The molecule has 4 nitrogen and oxygen atoms in total. The number of aliphatic hydroxyl groups excluding tert-OH is 1. The molecule has 1 aromatic rings. The molecule has 1 rings (SSSR count). The van der Waals surface area contributed by atoms with Gasteiger partial charge in [0.1, 0.15) is 5.75 Å². The second-order valence-electron chi connectivity index (χ2n) is 5.13. The molecule has 0 aliphatic heterocycles. The highest BCUT2D eigenvalue weighted by Crippen LogP contribution is 2.38. The highest BCUT2D eigenvalue weighted by molar-refractivity contribution is 5.43. The molecule has 0 saturated heterocycles. The van der Waals surface area contributed by atoms with E-state index < -0.39 is 0 Å². The SMILES string of the molecule is Cc1ncc(CO)c([C@H](N)C(C)(C)C)c1O. The van der Waals surface area contributed by atoms with E-state index >= 15 is 0 Å². The molecular formula is C12H20N2O2. The maximum absolute atomic E-state index is 9.99. The number of aryl methyl sites for hydroxylation is 1. The van der Waals surface area contributed by atoms with E-state index in [0.29, 0.717) is 16.8 Å². The fraction of sp³-hybridized carbons (Fsp3) is 0.583. The molecule has 0 radical (unpaired) electrons. The average molecular weight is 224 g/mol. The molecule has 0 spiro atoms. The van der Waals surface area contributed by atoms with Crippen molar-refractivity contribution in [3.05, 3.63) is 23.0 Å². The summed E-state index contributed by atoms with van der Waals surface area (Å²) in [4.78, 5) is 4.01. The predicted octanol–water partition coefficient (Wildman–Crippen LogP) is 1.63. The molecule has 0 amide bonds. The van der Waals surface area contributed by atoms with Crippen LogP contribution in [0.1, 0.15) is 43.6 Å². The monoisotopic (exact) mass is 224 g/mol. The molecule has 0 aromatic carbocycles. The van der Waals surface area contributed by atoms with Crippen LogP contribution in [0.2, 0.25) is 0 Å². The normalized spacial score (nSPS) is 13.9. The number of nitrogens with two attached hydrogens (primary N) is 1. The summed E-state index contributed by atoms with van der Waals surface area (Å²) in [7, 11) is 0. The predicted molar refractivity (Wildman–Crippen MR) is 62.9 cm³/mol. The first-order valence-electron chi connectivity index (χ1n) is 5.32. The van der Waals surface area contributed by atoms with Gasteiger partial charge in [-0.1, -0.05) is 20.8 Å². The fourth-order valence-corrected chi connectivity index (χ4v) is 1.56. The number of nitrogens with zero attached hydrogens (tertiary/aromatic N) is 1. The van der Waals surface area contributed by atoms with Crippen LogP contribution in [0.15, 0.2) is 6.20 Å². The van der Waals surface area contributed by atoms with E-state index in [1.54, 1.807) is 13.1 Å². The Balaban J connectivity index is 3.35. The number of rotatable bonds is 2. The Kier molecular flexibility index (Phi) is 3.55. The Hall–Kier alpha value is -1.13. The molecule has 1 heterocycles. The Morgan fingerprint density at radius 3 is 2.44 bits per heavy atom. The van der Waals surface area contributed by atoms with Gasteiger partial charge in [-0.15, -0.1) is 0 Å². The van der Waals surface area contributed by atoms with Crippen molar-refractivity contribution in [1.82, 2.24) is 4.98 Å². The van der Waals surface area contributed by atoms with Gasteiger partial charge >= 0.3 is 0 Å². The zero-order valence-electron chi connectivity index (χ0n) is 10.3.